The fourth-order valence-corrected chi connectivity index (χ4v) is 2.33. The van der Waals surface area contributed by atoms with Gasteiger partial charge in [-0.05, 0) is 17.4 Å². The SMILES string of the molecule is Cc1ccc(COC[C@@H]2CCn3cc([N+](=O)[O-])nc3O2)cc1. The van der Waals surface area contributed by atoms with E-state index in [-0.39, 0.29) is 11.9 Å². The fourth-order valence-electron chi connectivity index (χ4n) is 2.33. The van der Waals surface area contributed by atoms with Gasteiger partial charge in [0.15, 0.2) is 0 Å². The second kappa shape index (κ2) is 6.15. The van der Waals surface area contributed by atoms with Crippen molar-refractivity contribution in [3.8, 4) is 6.01 Å². The summed E-state index contributed by atoms with van der Waals surface area (Å²) in [6, 6.07) is 8.46. The summed E-state index contributed by atoms with van der Waals surface area (Å²) >= 11 is 0. The minimum absolute atomic E-state index is 0.125. The highest BCUT2D eigenvalue weighted by Crippen LogP contribution is 2.24. The number of nitro groups is 1. The molecule has 2 aromatic rings. The van der Waals surface area contributed by atoms with Crippen molar-refractivity contribution in [2.45, 2.75) is 32.6 Å². The average molecular weight is 303 g/mol. The first-order chi connectivity index (χ1) is 10.6. The monoisotopic (exact) mass is 303 g/mol. The van der Waals surface area contributed by atoms with E-state index in [9.17, 15) is 10.1 Å². The Bertz CT molecular complexity index is 666. The number of rotatable bonds is 5. The lowest BCUT2D eigenvalue weighted by Crippen LogP contribution is -2.30. The molecule has 1 aliphatic heterocycles. The van der Waals surface area contributed by atoms with Crippen LogP contribution < -0.4 is 4.74 Å². The lowest BCUT2D eigenvalue weighted by Gasteiger charge is -2.21. The fraction of sp³-hybridized carbons (Fsp3) is 0.400. The van der Waals surface area contributed by atoms with Gasteiger partial charge in [0.05, 0.1) is 13.2 Å². The van der Waals surface area contributed by atoms with E-state index in [4.69, 9.17) is 9.47 Å². The molecule has 1 atom stereocenters. The summed E-state index contributed by atoms with van der Waals surface area (Å²) in [6.45, 7) is 3.65. The third-order valence-corrected chi connectivity index (χ3v) is 3.57. The third-order valence-electron chi connectivity index (χ3n) is 3.57. The molecular weight excluding hydrogens is 286 g/mol. The van der Waals surface area contributed by atoms with Crippen LogP contribution in [0, 0.1) is 17.0 Å². The van der Waals surface area contributed by atoms with Crippen LogP contribution >= 0.6 is 0 Å². The molecule has 0 bridgehead atoms. The van der Waals surface area contributed by atoms with Crippen LogP contribution in [-0.4, -0.2) is 27.2 Å². The van der Waals surface area contributed by atoms with Crippen molar-refractivity contribution in [2.75, 3.05) is 6.61 Å². The summed E-state index contributed by atoms with van der Waals surface area (Å²) in [7, 11) is 0. The molecule has 116 valence electrons. The van der Waals surface area contributed by atoms with E-state index in [1.165, 1.54) is 11.8 Å². The molecule has 7 heteroatoms. The van der Waals surface area contributed by atoms with Crippen molar-refractivity contribution >= 4 is 5.82 Å². The molecule has 1 aromatic heterocycles. The molecule has 0 aliphatic carbocycles. The van der Waals surface area contributed by atoms with E-state index in [0.29, 0.717) is 25.8 Å². The van der Waals surface area contributed by atoms with E-state index in [1.807, 2.05) is 31.2 Å². The lowest BCUT2D eigenvalue weighted by molar-refractivity contribution is -0.389. The first-order valence-corrected chi connectivity index (χ1v) is 7.13. The Labute approximate surface area is 127 Å². The minimum Gasteiger partial charge on any atom is -0.440 e. The van der Waals surface area contributed by atoms with Gasteiger partial charge in [0, 0.05) is 17.9 Å². The minimum atomic E-state index is -0.516. The molecule has 0 N–H and O–H groups in total. The van der Waals surface area contributed by atoms with Gasteiger partial charge in [-0.2, -0.15) is 0 Å². The maximum atomic E-state index is 10.7. The Hall–Kier alpha value is -2.41. The van der Waals surface area contributed by atoms with Gasteiger partial charge in [-0.25, -0.2) is 0 Å². The zero-order valence-corrected chi connectivity index (χ0v) is 12.3. The summed E-state index contributed by atoms with van der Waals surface area (Å²) in [5.41, 5.74) is 2.33. The molecule has 22 heavy (non-hydrogen) atoms. The molecule has 0 radical (unpaired) electrons. The third kappa shape index (κ3) is 3.25. The van der Waals surface area contributed by atoms with Gasteiger partial charge >= 0.3 is 11.8 Å². The molecule has 0 fully saturated rings. The molecule has 0 spiro atoms. The Morgan fingerprint density at radius 1 is 1.45 bits per heavy atom. The highest BCUT2D eigenvalue weighted by atomic mass is 16.6. The lowest BCUT2D eigenvalue weighted by atomic mass is 10.2. The first-order valence-electron chi connectivity index (χ1n) is 7.13. The number of nitrogens with zero attached hydrogens (tertiary/aromatic N) is 3. The van der Waals surface area contributed by atoms with Crippen LogP contribution in [0.2, 0.25) is 0 Å². The normalized spacial score (nSPS) is 16.9. The molecule has 3 rings (SSSR count). The Morgan fingerprint density at radius 3 is 2.95 bits per heavy atom. The van der Waals surface area contributed by atoms with Crippen molar-refractivity contribution in [3.05, 3.63) is 51.7 Å². The highest BCUT2D eigenvalue weighted by Gasteiger charge is 2.28. The van der Waals surface area contributed by atoms with Gasteiger partial charge in [0.25, 0.3) is 0 Å². The second-order valence-corrected chi connectivity index (χ2v) is 5.36. The van der Waals surface area contributed by atoms with Crippen LogP contribution in [0.15, 0.2) is 30.5 Å². The molecule has 0 unspecified atom stereocenters. The summed E-state index contributed by atoms with van der Waals surface area (Å²) in [6.07, 6.45) is 2.02. The zero-order valence-electron chi connectivity index (χ0n) is 12.3. The van der Waals surface area contributed by atoms with Crippen LogP contribution in [0.3, 0.4) is 0 Å². The number of aryl methyl sites for hydroxylation is 2. The standard InChI is InChI=1S/C15H17N3O4/c1-11-2-4-12(5-3-11)9-21-10-13-6-7-17-8-14(18(19)20)16-15(17)22-13/h2-5,8,13H,6-7,9-10H2,1H3/t13-/m0/s1. The Balaban J connectivity index is 1.52. The summed E-state index contributed by atoms with van der Waals surface area (Å²) < 4.78 is 13.0. The van der Waals surface area contributed by atoms with Gasteiger partial charge in [0.1, 0.15) is 12.3 Å². The number of fused-ring (bicyclic) bond motifs is 1. The molecule has 2 heterocycles. The van der Waals surface area contributed by atoms with Crippen LogP contribution in [0.4, 0.5) is 5.82 Å². The van der Waals surface area contributed by atoms with Crippen molar-refractivity contribution in [1.82, 2.24) is 9.55 Å². The van der Waals surface area contributed by atoms with E-state index in [2.05, 4.69) is 4.98 Å². The predicted octanol–water partition coefficient (Wildman–Crippen LogP) is 2.47. The van der Waals surface area contributed by atoms with Crippen LogP contribution in [0.1, 0.15) is 17.5 Å². The topological polar surface area (TPSA) is 79.4 Å². The number of hydrogen-bond donors (Lipinski definition) is 0. The molecule has 0 saturated heterocycles. The van der Waals surface area contributed by atoms with Crippen LogP contribution in [0.5, 0.6) is 6.01 Å². The quantitative estimate of drug-likeness (QED) is 0.626. The van der Waals surface area contributed by atoms with Gasteiger partial charge < -0.3 is 19.6 Å². The Morgan fingerprint density at radius 2 is 2.23 bits per heavy atom. The maximum Gasteiger partial charge on any atom is 0.414 e. The maximum absolute atomic E-state index is 10.7. The zero-order chi connectivity index (χ0) is 15.5. The van der Waals surface area contributed by atoms with Gasteiger partial charge in [-0.15, -0.1) is 0 Å². The molecule has 1 aromatic carbocycles. The highest BCUT2D eigenvalue weighted by molar-refractivity contribution is 5.22. The number of imidazole rings is 1. The van der Waals surface area contributed by atoms with Crippen molar-refractivity contribution in [2.24, 2.45) is 0 Å². The van der Waals surface area contributed by atoms with E-state index >= 15 is 0 Å². The molecule has 7 nitrogen and oxygen atoms in total. The number of hydrogen-bond acceptors (Lipinski definition) is 5. The predicted molar refractivity (Wildman–Crippen MR) is 78.7 cm³/mol. The van der Waals surface area contributed by atoms with Gasteiger partial charge in [-0.3, -0.25) is 4.57 Å². The molecular formula is C15H17N3O4. The van der Waals surface area contributed by atoms with Crippen molar-refractivity contribution < 1.29 is 14.4 Å². The molecule has 1 aliphatic rings. The smallest absolute Gasteiger partial charge is 0.414 e. The van der Waals surface area contributed by atoms with Gasteiger partial charge in [0.2, 0.25) is 0 Å². The van der Waals surface area contributed by atoms with Crippen molar-refractivity contribution in [3.63, 3.8) is 0 Å². The first kappa shape index (κ1) is 14.5. The number of aromatic nitrogens is 2. The summed E-state index contributed by atoms with van der Waals surface area (Å²) in [4.78, 5) is 14.0. The van der Waals surface area contributed by atoms with E-state index in [0.717, 1.165) is 12.0 Å². The molecule has 0 amide bonds. The van der Waals surface area contributed by atoms with E-state index in [1.54, 1.807) is 4.57 Å². The summed E-state index contributed by atoms with van der Waals surface area (Å²) in [5, 5.41) is 10.7. The van der Waals surface area contributed by atoms with Gasteiger partial charge in [-0.1, -0.05) is 29.8 Å². The molecule has 0 saturated carbocycles. The van der Waals surface area contributed by atoms with Crippen LogP contribution in [0.25, 0.3) is 0 Å². The van der Waals surface area contributed by atoms with E-state index < -0.39 is 4.92 Å². The number of ether oxygens (including phenoxy) is 2. The number of benzene rings is 1. The Kier molecular flexibility index (Phi) is 4.06. The van der Waals surface area contributed by atoms with Crippen molar-refractivity contribution in [1.29, 1.82) is 0 Å². The van der Waals surface area contributed by atoms with Crippen LogP contribution in [-0.2, 0) is 17.9 Å². The summed E-state index contributed by atoms with van der Waals surface area (Å²) in [5.74, 6) is -0.184. The average Bonchev–Trinajstić information content (AvgIpc) is 2.93. The second-order valence-electron chi connectivity index (χ2n) is 5.36. The largest absolute Gasteiger partial charge is 0.440 e.